The van der Waals surface area contributed by atoms with Gasteiger partial charge >= 0.3 is 17.9 Å². The van der Waals surface area contributed by atoms with Gasteiger partial charge in [-0.05, 0) is 30.3 Å². The van der Waals surface area contributed by atoms with E-state index in [0.29, 0.717) is 10.0 Å². The number of furan rings is 1. The second-order valence-corrected chi connectivity index (χ2v) is 6.85. The molecule has 1 aliphatic rings. The third-order valence-corrected chi connectivity index (χ3v) is 4.00. The lowest BCUT2D eigenvalue weighted by Gasteiger charge is -2.29. The molecule has 1 saturated heterocycles. The van der Waals surface area contributed by atoms with E-state index in [4.69, 9.17) is 13.9 Å². The van der Waals surface area contributed by atoms with Gasteiger partial charge in [0.15, 0.2) is 0 Å². The van der Waals surface area contributed by atoms with Crippen LogP contribution in [0.3, 0.4) is 0 Å². The minimum Gasteiger partial charge on any atom is -0.478 e. The van der Waals surface area contributed by atoms with Gasteiger partial charge in [-0.25, -0.2) is 14.4 Å². The van der Waals surface area contributed by atoms with E-state index < -0.39 is 23.7 Å². The van der Waals surface area contributed by atoms with Crippen molar-refractivity contribution in [2.75, 3.05) is 0 Å². The number of aromatic carboxylic acids is 1. The molecular formula is C18H13BrO7. The van der Waals surface area contributed by atoms with E-state index in [0.717, 1.165) is 0 Å². The first-order valence-electron chi connectivity index (χ1n) is 7.48. The Bertz CT molecular complexity index is 930. The molecule has 26 heavy (non-hydrogen) atoms. The molecule has 1 aromatic carbocycles. The molecule has 2 heterocycles. The van der Waals surface area contributed by atoms with Crippen LogP contribution in [0.15, 0.2) is 44.8 Å². The highest BCUT2D eigenvalue weighted by Gasteiger charge is 2.39. The number of halogens is 1. The van der Waals surface area contributed by atoms with Crippen molar-refractivity contribution < 1.29 is 33.4 Å². The highest BCUT2D eigenvalue weighted by molar-refractivity contribution is 9.10. The van der Waals surface area contributed by atoms with Gasteiger partial charge in [0.1, 0.15) is 17.1 Å². The van der Waals surface area contributed by atoms with Crippen molar-refractivity contribution in [1.29, 1.82) is 0 Å². The van der Waals surface area contributed by atoms with Gasteiger partial charge in [-0.15, -0.1) is 0 Å². The third-order valence-electron chi connectivity index (χ3n) is 3.51. The quantitative estimate of drug-likeness (QED) is 0.459. The minimum atomic E-state index is -1.33. The molecule has 0 bridgehead atoms. The highest BCUT2D eigenvalue weighted by Crippen LogP contribution is 2.30. The molecule has 0 unspecified atom stereocenters. The van der Waals surface area contributed by atoms with Gasteiger partial charge in [0.05, 0.1) is 5.56 Å². The molecule has 134 valence electrons. The van der Waals surface area contributed by atoms with Gasteiger partial charge in [-0.2, -0.15) is 0 Å². The summed E-state index contributed by atoms with van der Waals surface area (Å²) in [5.74, 6) is -3.62. The Hall–Kier alpha value is -2.87. The van der Waals surface area contributed by atoms with Gasteiger partial charge in [0.25, 0.3) is 5.79 Å². The Morgan fingerprint density at radius 2 is 1.77 bits per heavy atom. The number of benzene rings is 1. The number of hydrogen-bond acceptors (Lipinski definition) is 6. The van der Waals surface area contributed by atoms with Gasteiger partial charge in [0.2, 0.25) is 0 Å². The second-order valence-electron chi connectivity index (χ2n) is 5.93. The zero-order chi connectivity index (χ0) is 19.1. The molecule has 1 fully saturated rings. The summed E-state index contributed by atoms with van der Waals surface area (Å²) in [4.78, 5) is 35.4. The molecule has 0 radical (unpaired) electrons. The van der Waals surface area contributed by atoms with E-state index in [9.17, 15) is 19.5 Å². The molecule has 1 aromatic heterocycles. The van der Waals surface area contributed by atoms with Crippen LogP contribution in [0.4, 0.5) is 0 Å². The molecule has 8 heteroatoms. The fourth-order valence-electron chi connectivity index (χ4n) is 2.40. The molecule has 0 aliphatic carbocycles. The number of carboxylic acids is 1. The van der Waals surface area contributed by atoms with Crippen LogP contribution in [0, 0.1) is 0 Å². The number of esters is 2. The van der Waals surface area contributed by atoms with E-state index in [1.165, 1.54) is 32.1 Å². The lowest BCUT2D eigenvalue weighted by atomic mass is 10.1. The predicted molar refractivity (Wildman–Crippen MR) is 93.0 cm³/mol. The van der Waals surface area contributed by atoms with E-state index in [-0.39, 0.29) is 22.7 Å². The molecule has 0 spiro atoms. The lowest BCUT2D eigenvalue weighted by Crippen LogP contribution is -2.41. The van der Waals surface area contributed by atoms with Crippen LogP contribution in [-0.4, -0.2) is 28.8 Å². The van der Waals surface area contributed by atoms with E-state index in [2.05, 4.69) is 15.9 Å². The molecule has 0 saturated carbocycles. The standard InChI is InChI=1S/C18H13BrO7/c1-18(2)25-16(22)13(17(23)26-18)8-10-4-6-14(24-10)11-5-3-9(19)7-12(11)15(20)21/h3-8H,1-2H3,(H,20,21). The Morgan fingerprint density at radius 3 is 2.38 bits per heavy atom. The number of cyclic esters (lactones) is 2. The number of carbonyl (C=O) groups is 3. The Morgan fingerprint density at radius 1 is 1.12 bits per heavy atom. The Labute approximate surface area is 156 Å². The summed E-state index contributed by atoms with van der Waals surface area (Å²) in [6, 6.07) is 7.79. The first kappa shape index (κ1) is 17.9. The fraction of sp³-hybridized carbons (Fsp3) is 0.167. The maximum atomic E-state index is 12.0. The highest BCUT2D eigenvalue weighted by atomic mass is 79.9. The van der Waals surface area contributed by atoms with Crippen LogP contribution in [0.5, 0.6) is 0 Å². The SMILES string of the molecule is CC1(C)OC(=O)C(=Cc2ccc(-c3ccc(Br)cc3C(=O)O)o2)C(=O)O1. The maximum absolute atomic E-state index is 12.0. The lowest BCUT2D eigenvalue weighted by molar-refractivity contribution is -0.222. The molecule has 2 aromatic rings. The molecular weight excluding hydrogens is 408 g/mol. The van der Waals surface area contributed by atoms with Gasteiger partial charge in [0, 0.05) is 30.0 Å². The summed E-state index contributed by atoms with van der Waals surface area (Å²) in [6.45, 7) is 2.90. The number of carboxylic acid groups (broad SMARTS) is 1. The van der Waals surface area contributed by atoms with Crippen molar-refractivity contribution in [3.63, 3.8) is 0 Å². The predicted octanol–water partition coefficient (Wildman–Crippen LogP) is 3.63. The summed E-state index contributed by atoms with van der Waals surface area (Å²) in [6.07, 6.45) is 1.20. The fourth-order valence-corrected chi connectivity index (χ4v) is 2.77. The van der Waals surface area contributed by atoms with Crippen molar-refractivity contribution in [2.24, 2.45) is 0 Å². The van der Waals surface area contributed by atoms with Gasteiger partial charge < -0.3 is 19.0 Å². The van der Waals surface area contributed by atoms with Gasteiger partial charge in [-0.3, -0.25) is 0 Å². The number of carbonyl (C=O) groups excluding carboxylic acids is 2. The van der Waals surface area contributed by atoms with E-state index >= 15 is 0 Å². The summed E-state index contributed by atoms with van der Waals surface area (Å²) < 4.78 is 16.2. The van der Waals surface area contributed by atoms with Crippen molar-refractivity contribution in [3.05, 3.63) is 51.7 Å². The van der Waals surface area contributed by atoms with Crippen molar-refractivity contribution in [2.45, 2.75) is 19.6 Å². The van der Waals surface area contributed by atoms with Crippen LogP contribution in [0.2, 0.25) is 0 Å². The Balaban J connectivity index is 1.96. The average Bonchev–Trinajstić information content (AvgIpc) is 2.98. The van der Waals surface area contributed by atoms with E-state index in [1.807, 2.05) is 0 Å². The first-order valence-corrected chi connectivity index (χ1v) is 8.27. The second kappa shape index (κ2) is 6.45. The summed E-state index contributed by atoms with van der Waals surface area (Å²) >= 11 is 3.22. The van der Waals surface area contributed by atoms with E-state index in [1.54, 1.807) is 18.2 Å². The minimum absolute atomic E-state index is 0.0474. The number of rotatable bonds is 3. The molecule has 7 nitrogen and oxygen atoms in total. The third kappa shape index (κ3) is 3.55. The topological polar surface area (TPSA) is 103 Å². The average molecular weight is 421 g/mol. The van der Waals surface area contributed by atoms with Gasteiger partial charge in [-0.1, -0.05) is 15.9 Å². The number of hydrogen-bond donors (Lipinski definition) is 1. The Kier molecular flexibility index (Phi) is 4.45. The van der Waals surface area contributed by atoms with Crippen LogP contribution < -0.4 is 0 Å². The van der Waals surface area contributed by atoms with Crippen LogP contribution in [-0.2, 0) is 19.1 Å². The molecule has 3 rings (SSSR count). The summed E-state index contributed by atoms with van der Waals surface area (Å²) in [5.41, 5.74) is 0.103. The number of ether oxygens (including phenoxy) is 2. The summed E-state index contributed by atoms with van der Waals surface area (Å²) in [7, 11) is 0. The zero-order valence-corrected chi connectivity index (χ0v) is 15.3. The van der Waals surface area contributed by atoms with Crippen molar-refractivity contribution in [3.8, 4) is 11.3 Å². The van der Waals surface area contributed by atoms with Crippen molar-refractivity contribution in [1.82, 2.24) is 0 Å². The van der Waals surface area contributed by atoms with Crippen LogP contribution in [0.25, 0.3) is 17.4 Å². The monoisotopic (exact) mass is 420 g/mol. The zero-order valence-electron chi connectivity index (χ0n) is 13.7. The smallest absolute Gasteiger partial charge is 0.348 e. The summed E-state index contributed by atoms with van der Waals surface area (Å²) in [5, 5.41) is 9.34. The maximum Gasteiger partial charge on any atom is 0.348 e. The largest absolute Gasteiger partial charge is 0.478 e. The van der Waals surface area contributed by atoms with Crippen LogP contribution >= 0.6 is 15.9 Å². The molecule has 0 atom stereocenters. The normalized spacial score (nSPS) is 16.0. The first-order chi connectivity index (χ1) is 12.2. The molecule has 1 N–H and O–H groups in total. The molecule has 0 amide bonds. The molecule has 1 aliphatic heterocycles. The van der Waals surface area contributed by atoms with Crippen LogP contribution in [0.1, 0.15) is 30.0 Å². The van der Waals surface area contributed by atoms with Crippen molar-refractivity contribution >= 4 is 39.9 Å².